The van der Waals surface area contributed by atoms with Gasteiger partial charge in [-0.15, -0.1) is 0 Å². The predicted octanol–water partition coefficient (Wildman–Crippen LogP) is 4.39. The molecule has 0 unspecified atom stereocenters. The zero-order valence-corrected chi connectivity index (χ0v) is 15.5. The highest BCUT2D eigenvalue weighted by molar-refractivity contribution is 7.92. The summed E-state index contributed by atoms with van der Waals surface area (Å²) >= 11 is 0. The smallest absolute Gasteiger partial charge is 0.262 e. The summed E-state index contributed by atoms with van der Waals surface area (Å²) in [4.78, 5) is 4.06. The van der Waals surface area contributed by atoms with Gasteiger partial charge in [0.05, 0.1) is 10.6 Å². The second kappa shape index (κ2) is 6.72. The van der Waals surface area contributed by atoms with Crippen molar-refractivity contribution >= 4 is 21.4 Å². The number of nitrogens with one attached hydrogen (secondary N) is 1. The third-order valence-corrected chi connectivity index (χ3v) is 5.53. The van der Waals surface area contributed by atoms with E-state index in [0.717, 1.165) is 23.3 Å². The first-order valence-electron chi connectivity index (χ1n) is 8.35. The largest absolute Gasteiger partial charge is 0.306 e. The van der Waals surface area contributed by atoms with Gasteiger partial charge >= 0.3 is 0 Å². The average molecular weight is 399 g/mol. The van der Waals surface area contributed by atoms with Crippen LogP contribution >= 0.6 is 0 Å². The van der Waals surface area contributed by atoms with Crippen LogP contribution in [0, 0.1) is 18.6 Å². The number of fused-ring (bicyclic) bond motifs is 1. The molecule has 0 fully saturated rings. The zero-order chi connectivity index (χ0) is 19.9. The van der Waals surface area contributed by atoms with E-state index >= 15 is 0 Å². The highest BCUT2D eigenvalue weighted by Gasteiger charge is 2.17. The van der Waals surface area contributed by atoms with E-state index in [1.807, 2.05) is 35.9 Å². The first-order chi connectivity index (χ1) is 13.3. The van der Waals surface area contributed by atoms with Gasteiger partial charge in [-0.2, -0.15) is 0 Å². The van der Waals surface area contributed by atoms with Gasteiger partial charge in [-0.3, -0.25) is 4.72 Å². The van der Waals surface area contributed by atoms with Gasteiger partial charge in [0.15, 0.2) is 0 Å². The molecule has 28 heavy (non-hydrogen) atoms. The van der Waals surface area contributed by atoms with Crippen LogP contribution in [0.5, 0.6) is 0 Å². The minimum atomic E-state index is -4.14. The van der Waals surface area contributed by atoms with E-state index in [4.69, 9.17) is 0 Å². The Bertz CT molecular complexity index is 1280. The number of anilines is 1. The van der Waals surface area contributed by atoms with Crippen molar-refractivity contribution in [3.8, 4) is 11.3 Å². The molecule has 0 amide bonds. The quantitative estimate of drug-likeness (QED) is 0.554. The van der Waals surface area contributed by atoms with Crippen molar-refractivity contribution in [1.29, 1.82) is 0 Å². The van der Waals surface area contributed by atoms with Gasteiger partial charge in [0, 0.05) is 29.7 Å². The lowest BCUT2D eigenvalue weighted by Crippen LogP contribution is -2.13. The maximum Gasteiger partial charge on any atom is 0.262 e. The highest BCUT2D eigenvalue weighted by atomic mass is 32.2. The second-order valence-electron chi connectivity index (χ2n) is 6.39. The molecule has 8 heteroatoms. The minimum absolute atomic E-state index is 0.260. The van der Waals surface area contributed by atoms with Gasteiger partial charge in [0.25, 0.3) is 10.0 Å². The molecule has 142 valence electrons. The lowest BCUT2D eigenvalue weighted by atomic mass is 10.1. The summed E-state index contributed by atoms with van der Waals surface area (Å²) in [6.45, 7) is 1.97. The highest BCUT2D eigenvalue weighted by Crippen LogP contribution is 2.25. The van der Waals surface area contributed by atoms with E-state index in [1.165, 1.54) is 0 Å². The fraction of sp³-hybridized carbons (Fsp3) is 0.0500. The number of hydrogen-bond donors (Lipinski definition) is 1. The van der Waals surface area contributed by atoms with E-state index in [9.17, 15) is 17.2 Å². The molecule has 4 aromatic rings. The molecule has 0 saturated carbocycles. The summed E-state index contributed by atoms with van der Waals surface area (Å²) in [5.74, 6) is -1.93. The van der Waals surface area contributed by atoms with Gasteiger partial charge in [-0.05, 0) is 48.9 Å². The molecule has 0 spiro atoms. The summed E-state index contributed by atoms with van der Waals surface area (Å²) in [5.41, 5.74) is 3.48. The molecule has 0 aliphatic heterocycles. The molecule has 0 bridgehead atoms. The van der Waals surface area contributed by atoms with Gasteiger partial charge in [0.1, 0.15) is 17.3 Å². The van der Waals surface area contributed by atoms with Crippen LogP contribution in [0.3, 0.4) is 0 Å². The van der Waals surface area contributed by atoms with E-state index in [2.05, 4.69) is 9.71 Å². The van der Waals surface area contributed by atoms with Crippen LogP contribution in [0.1, 0.15) is 5.56 Å². The van der Waals surface area contributed by atoms with Crippen molar-refractivity contribution in [3.63, 3.8) is 0 Å². The third kappa shape index (κ3) is 3.59. The Hall–Kier alpha value is -3.26. The Morgan fingerprint density at radius 1 is 1.00 bits per heavy atom. The molecule has 1 N–H and O–H groups in total. The van der Waals surface area contributed by atoms with Crippen LogP contribution in [-0.2, 0) is 10.0 Å². The normalized spacial score (nSPS) is 11.7. The molecular weight excluding hydrogens is 384 g/mol. The maximum absolute atomic E-state index is 13.4. The summed E-state index contributed by atoms with van der Waals surface area (Å²) < 4.78 is 55.9. The molecule has 4 rings (SSSR count). The van der Waals surface area contributed by atoms with E-state index in [0.29, 0.717) is 17.3 Å². The Morgan fingerprint density at radius 2 is 1.75 bits per heavy atom. The zero-order valence-electron chi connectivity index (χ0n) is 14.7. The Labute approximate surface area is 160 Å². The fourth-order valence-electron chi connectivity index (χ4n) is 2.86. The number of nitrogens with zero attached hydrogens (tertiary/aromatic N) is 2. The first kappa shape index (κ1) is 18.1. The lowest BCUT2D eigenvalue weighted by Gasteiger charge is -2.09. The number of pyridine rings is 1. The number of imidazole rings is 1. The van der Waals surface area contributed by atoms with Gasteiger partial charge < -0.3 is 4.40 Å². The first-order valence-corrected chi connectivity index (χ1v) is 9.83. The van der Waals surface area contributed by atoms with Crippen molar-refractivity contribution in [2.75, 3.05) is 4.72 Å². The molecule has 0 aliphatic rings. The number of sulfonamides is 1. The van der Waals surface area contributed by atoms with Crippen molar-refractivity contribution in [1.82, 2.24) is 9.38 Å². The van der Waals surface area contributed by atoms with Gasteiger partial charge in [-0.1, -0.05) is 12.1 Å². The number of hydrogen-bond acceptors (Lipinski definition) is 3. The molecule has 2 aromatic heterocycles. The average Bonchev–Trinajstić information content (AvgIpc) is 3.04. The summed E-state index contributed by atoms with van der Waals surface area (Å²) in [7, 11) is -4.14. The lowest BCUT2D eigenvalue weighted by molar-refractivity contribution is 0.568. The molecule has 0 atom stereocenters. The monoisotopic (exact) mass is 399 g/mol. The van der Waals surface area contributed by atoms with Crippen LogP contribution in [0.25, 0.3) is 16.9 Å². The number of benzene rings is 2. The minimum Gasteiger partial charge on any atom is -0.306 e. The third-order valence-electron chi connectivity index (χ3n) is 4.17. The van der Waals surface area contributed by atoms with Crippen LogP contribution in [0.4, 0.5) is 14.5 Å². The SMILES string of the molecule is Cc1ccn2cc(-c3cccc(NS(=O)(=O)c4cc(F)cc(F)c4)c3)nc2c1. The summed E-state index contributed by atoms with van der Waals surface area (Å²) in [5, 5.41) is 0. The van der Waals surface area contributed by atoms with E-state index < -0.39 is 26.6 Å². The van der Waals surface area contributed by atoms with Crippen molar-refractivity contribution in [3.05, 3.63) is 84.2 Å². The number of aromatic nitrogens is 2. The molecule has 0 aliphatic carbocycles. The van der Waals surface area contributed by atoms with Crippen LogP contribution in [-0.4, -0.2) is 17.8 Å². The van der Waals surface area contributed by atoms with Crippen LogP contribution < -0.4 is 4.72 Å². The second-order valence-corrected chi connectivity index (χ2v) is 8.07. The fourth-order valence-corrected chi connectivity index (χ4v) is 3.95. The molecular formula is C20H15F2N3O2S. The predicted molar refractivity (Wildman–Crippen MR) is 103 cm³/mol. The van der Waals surface area contributed by atoms with Crippen LogP contribution in [0.15, 0.2) is 71.9 Å². The number of halogens is 2. The molecule has 5 nitrogen and oxygen atoms in total. The van der Waals surface area contributed by atoms with Gasteiger partial charge in [-0.25, -0.2) is 22.2 Å². The van der Waals surface area contributed by atoms with Crippen molar-refractivity contribution < 1.29 is 17.2 Å². The van der Waals surface area contributed by atoms with E-state index in [1.54, 1.807) is 24.3 Å². The summed E-state index contributed by atoms with van der Waals surface area (Å²) in [6, 6.07) is 12.7. The standard InChI is InChI=1S/C20H15F2N3O2S/c1-13-5-6-25-12-19(23-20(25)7-13)14-3-2-4-17(8-14)24-28(26,27)18-10-15(21)9-16(22)11-18/h2-12,24H,1H3. The van der Waals surface area contributed by atoms with Crippen molar-refractivity contribution in [2.45, 2.75) is 11.8 Å². The molecule has 2 heterocycles. The molecule has 0 saturated heterocycles. The van der Waals surface area contributed by atoms with Crippen LogP contribution in [0.2, 0.25) is 0 Å². The number of aryl methyl sites for hydroxylation is 1. The Balaban J connectivity index is 1.68. The molecule has 2 aromatic carbocycles. The Morgan fingerprint density at radius 3 is 2.50 bits per heavy atom. The van der Waals surface area contributed by atoms with E-state index in [-0.39, 0.29) is 5.69 Å². The maximum atomic E-state index is 13.4. The molecule has 0 radical (unpaired) electrons. The van der Waals surface area contributed by atoms with Crippen molar-refractivity contribution in [2.24, 2.45) is 0 Å². The van der Waals surface area contributed by atoms with Gasteiger partial charge in [0.2, 0.25) is 0 Å². The number of rotatable bonds is 4. The topological polar surface area (TPSA) is 63.5 Å². The summed E-state index contributed by atoms with van der Waals surface area (Å²) in [6.07, 6.45) is 3.73. The Kier molecular flexibility index (Phi) is 4.35.